The van der Waals surface area contributed by atoms with Gasteiger partial charge in [-0.1, -0.05) is 99.7 Å². The topological polar surface area (TPSA) is 98.8 Å². The second kappa shape index (κ2) is 15.5. The molecule has 45 heavy (non-hydrogen) atoms. The molecule has 7 nitrogen and oxygen atoms in total. The van der Waals surface area contributed by atoms with E-state index in [0.29, 0.717) is 5.56 Å². The number of carbonyl (C=O) groups excluding carboxylic acids is 4. The van der Waals surface area contributed by atoms with Crippen molar-refractivity contribution in [1.29, 1.82) is 0 Å². The lowest BCUT2D eigenvalue weighted by Crippen LogP contribution is -2.51. The molecule has 0 spiro atoms. The minimum Gasteiger partial charge on any atom is -0.460 e. The fourth-order valence-corrected chi connectivity index (χ4v) is 4.83. The van der Waals surface area contributed by atoms with Crippen LogP contribution in [0.3, 0.4) is 0 Å². The Morgan fingerprint density at radius 3 is 2.20 bits per heavy atom. The van der Waals surface area contributed by atoms with Crippen molar-refractivity contribution in [2.24, 2.45) is 11.3 Å². The third-order valence-electron chi connectivity index (χ3n) is 7.13. The van der Waals surface area contributed by atoms with Gasteiger partial charge in [-0.2, -0.15) is 0 Å². The van der Waals surface area contributed by atoms with Gasteiger partial charge in [0.25, 0.3) is 0 Å². The minimum absolute atomic E-state index is 0.0902. The molecule has 0 aromatic heterocycles. The van der Waals surface area contributed by atoms with E-state index in [-0.39, 0.29) is 19.4 Å². The summed E-state index contributed by atoms with van der Waals surface area (Å²) in [6.07, 6.45) is 4.70. The van der Waals surface area contributed by atoms with Gasteiger partial charge in [-0.15, -0.1) is 0 Å². The molecule has 1 amide bonds. The van der Waals surface area contributed by atoms with Crippen LogP contribution in [-0.4, -0.2) is 35.8 Å². The standard InChI is InChI=1S/C38H45NO6/c1-26-21-27(19-20-32(26)30-17-12-16-29(22-30)24-40)15-11-18-31(23-33(41)45-38(5,6)7)35(42)39-34(37(2,3)4)36(43)44-25-28-13-9-8-10-14-28/h8-17,19-22,24,31,34H,18,23,25H2,1-7H3,(H,39,42)/b15-11+/t31-,34-/m1/s1. The lowest BCUT2D eigenvalue weighted by molar-refractivity contribution is -0.157. The van der Waals surface area contributed by atoms with Crippen LogP contribution < -0.4 is 5.32 Å². The second-order valence-corrected chi connectivity index (χ2v) is 13.3. The third kappa shape index (κ3) is 11.2. The molecule has 0 aliphatic heterocycles. The van der Waals surface area contributed by atoms with Gasteiger partial charge in [-0.25, -0.2) is 4.79 Å². The van der Waals surface area contributed by atoms with E-state index in [9.17, 15) is 19.2 Å². The molecule has 7 heteroatoms. The van der Waals surface area contributed by atoms with Gasteiger partial charge in [0.05, 0.1) is 12.3 Å². The SMILES string of the molecule is Cc1cc(/C=C/C[C@H](CC(=O)OC(C)(C)C)C(=O)N[C@H](C(=O)OCc2ccccc2)C(C)(C)C)ccc1-c1cccc(C=O)c1. The van der Waals surface area contributed by atoms with Crippen molar-refractivity contribution in [2.75, 3.05) is 0 Å². The number of rotatable bonds is 12. The van der Waals surface area contributed by atoms with Crippen molar-refractivity contribution in [3.63, 3.8) is 0 Å². The molecule has 0 radical (unpaired) electrons. The van der Waals surface area contributed by atoms with Gasteiger partial charge in [0.2, 0.25) is 5.91 Å². The Morgan fingerprint density at radius 2 is 1.58 bits per heavy atom. The normalized spacial score (nSPS) is 13.1. The van der Waals surface area contributed by atoms with Crippen molar-refractivity contribution in [2.45, 2.75) is 79.6 Å². The van der Waals surface area contributed by atoms with Crippen LogP contribution in [0.5, 0.6) is 0 Å². The summed E-state index contributed by atoms with van der Waals surface area (Å²) >= 11 is 0. The first-order chi connectivity index (χ1) is 21.2. The molecule has 0 fully saturated rings. The molecule has 238 valence electrons. The molecule has 3 aromatic carbocycles. The summed E-state index contributed by atoms with van der Waals surface area (Å²) in [5.74, 6) is -2.23. The van der Waals surface area contributed by atoms with Crippen LogP contribution in [-0.2, 0) is 30.5 Å². The highest BCUT2D eigenvalue weighted by Crippen LogP contribution is 2.26. The van der Waals surface area contributed by atoms with Crippen molar-refractivity contribution < 1.29 is 28.7 Å². The van der Waals surface area contributed by atoms with Crippen LogP contribution in [0.4, 0.5) is 0 Å². The Labute approximate surface area is 267 Å². The molecule has 0 bridgehead atoms. The molecule has 0 saturated heterocycles. The molecule has 3 rings (SSSR count). The number of aldehydes is 1. The fourth-order valence-electron chi connectivity index (χ4n) is 4.83. The Morgan fingerprint density at radius 1 is 0.867 bits per heavy atom. The number of esters is 2. The highest BCUT2D eigenvalue weighted by molar-refractivity contribution is 5.89. The smallest absolute Gasteiger partial charge is 0.329 e. The zero-order valence-electron chi connectivity index (χ0n) is 27.4. The largest absolute Gasteiger partial charge is 0.460 e. The van der Waals surface area contributed by atoms with E-state index in [1.54, 1.807) is 26.8 Å². The van der Waals surface area contributed by atoms with Crippen molar-refractivity contribution in [1.82, 2.24) is 5.32 Å². The molecule has 0 aliphatic rings. The van der Waals surface area contributed by atoms with Gasteiger partial charge in [0.15, 0.2) is 0 Å². The van der Waals surface area contributed by atoms with E-state index in [2.05, 4.69) is 5.32 Å². The molecule has 2 atom stereocenters. The number of ether oxygens (including phenoxy) is 2. The molecule has 0 aliphatic carbocycles. The summed E-state index contributed by atoms with van der Waals surface area (Å²) in [7, 11) is 0. The number of benzene rings is 3. The molecular formula is C38H45NO6. The minimum atomic E-state index is -0.924. The van der Waals surface area contributed by atoms with Gasteiger partial charge < -0.3 is 14.8 Å². The van der Waals surface area contributed by atoms with Gasteiger partial charge in [-0.3, -0.25) is 14.4 Å². The first kappa shape index (κ1) is 35.0. The van der Waals surface area contributed by atoms with E-state index < -0.39 is 40.8 Å². The summed E-state index contributed by atoms with van der Waals surface area (Å²) in [5, 5.41) is 2.87. The zero-order chi connectivity index (χ0) is 33.2. The maximum atomic E-state index is 13.6. The Kier molecular flexibility index (Phi) is 12.0. The highest BCUT2D eigenvalue weighted by atomic mass is 16.6. The van der Waals surface area contributed by atoms with Crippen LogP contribution in [0, 0.1) is 18.3 Å². The van der Waals surface area contributed by atoms with E-state index in [4.69, 9.17) is 9.47 Å². The Bertz CT molecular complexity index is 1510. The maximum absolute atomic E-state index is 13.6. The van der Waals surface area contributed by atoms with E-state index in [1.165, 1.54) is 0 Å². The highest BCUT2D eigenvalue weighted by Gasteiger charge is 2.36. The quantitative estimate of drug-likeness (QED) is 0.168. The lowest BCUT2D eigenvalue weighted by Gasteiger charge is -2.31. The van der Waals surface area contributed by atoms with Gasteiger partial charge >= 0.3 is 11.9 Å². The van der Waals surface area contributed by atoms with Gasteiger partial charge in [0.1, 0.15) is 24.5 Å². The summed E-state index contributed by atoms with van der Waals surface area (Å²) in [6, 6.07) is 21.9. The second-order valence-electron chi connectivity index (χ2n) is 13.3. The predicted molar refractivity (Wildman–Crippen MR) is 177 cm³/mol. The number of aryl methyl sites for hydroxylation is 1. The van der Waals surface area contributed by atoms with E-state index in [1.807, 2.05) is 107 Å². The average molecular weight is 612 g/mol. The first-order valence-corrected chi connectivity index (χ1v) is 15.2. The average Bonchev–Trinajstić information content (AvgIpc) is 2.97. The van der Waals surface area contributed by atoms with E-state index in [0.717, 1.165) is 34.1 Å². The summed E-state index contributed by atoms with van der Waals surface area (Å²) < 4.78 is 11.1. The maximum Gasteiger partial charge on any atom is 0.329 e. The van der Waals surface area contributed by atoms with Crippen LogP contribution in [0.1, 0.15) is 81.4 Å². The van der Waals surface area contributed by atoms with Crippen LogP contribution in [0.25, 0.3) is 17.2 Å². The summed E-state index contributed by atoms with van der Waals surface area (Å²) in [6.45, 7) is 13.0. The van der Waals surface area contributed by atoms with Crippen LogP contribution >= 0.6 is 0 Å². The van der Waals surface area contributed by atoms with Gasteiger partial charge in [0, 0.05) is 5.56 Å². The Hall–Kier alpha value is -4.52. The van der Waals surface area contributed by atoms with Crippen molar-refractivity contribution >= 4 is 30.2 Å². The number of hydrogen-bond acceptors (Lipinski definition) is 6. The number of nitrogens with one attached hydrogen (secondary N) is 1. The molecule has 0 unspecified atom stereocenters. The summed E-state index contributed by atoms with van der Waals surface area (Å²) in [4.78, 5) is 50.8. The summed E-state index contributed by atoms with van der Waals surface area (Å²) in [5.41, 5.74) is 4.05. The fraction of sp³-hybridized carbons (Fsp3) is 0.368. The molecule has 0 heterocycles. The predicted octanol–water partition coefficient (Wildman–Crippen LogP) is 7.50. The van der Waals surface area contributed by atoms with Crippen LogP contribution in [0.2, 0.25) is 0 Å². The number of amides is 1. The van der Waals surface area contributed by atoms with Crippen molar-refractivity contribution in [3.05, 3.63) is 101 Å². The number of carbonyl (C=O) groups is 4. The lowest BCUT2D eigenvalue weighted by atomic mass is 9.86. The molecule has 0 saturated carbocycles. The third-order valence-corrected chi connectivity index (χ3v) is 7.13. The van der Waals surface area contributed by atoms with E-state index >= 15 is 0 Å². The first-order valence-electron chi connectivity index (χ1n) is 15.2. The number of allylic oxidation sites excluding steroid dienone is 1. The zero-order valence-corrected chi connectivity index (χ0v) is 27.4. The molecular weight excluding hydrogens is 566 g/mol. The molecule has 3 aromatic rings. The van der Waals surface area contributed by atoms with Crippen molar-refractivity contribution in [3.8, 4) is 11.1 Å². The monoisotopic (exact) mass is 611 g/mol. The van der Waals surface area contributed by atoms with Gasteiger partial charge in [-0.05, 0) is 73.4 Å². The van der Waals surface area contributed by atoms with Crippen LogP contribution in [0.15, 0.2) is 78.9 Å². The molecule has 1 N–H and O–H groups in total. The Balaban J connectivity index is 1.77. The number of hydrogen-bond donors (Lipinski definition) is 1.